The minimum absolute atomic E-state index is 0.0448. The maximum atomic E-state index is 11.6. The first-order valence-electron chi connectivity index (χ1n) is 5.58. The van der Waals surface area contributed by atoms with Gasteiger partial charge in [0.15, 0.2) is 0 Å². The van der Waals surface area contributed by atoms with Crippen molar-refractivity contribution in [2.45, 2.75) is 44.0 Å². The second-order valence-electron chi connectivity index (χ2n) is 4.72. The van der Waals surface area contributed by atoms with Crippen LogP contribution in [0, 0.1) is 0 Å². The monoisotopic (exact) mass is 226 g/mol. The summed E-state index contributed by atoms with van der Waals surface area (Å²) >= 11 is 0. The van der Waals surface area contributed by atoms with E-state index in [-0.39, 0.29) is 30.3 Å². The Balaban J connectivity index is 1.94. The zero-order valence-corrected chi connectivity index (χ0v) is 9.00. The van der Waals surface area contributed by atoms with Crippen LogP contribution in [0.2, 0.25) is 0 Å². The quantitative estimate of drug-likeness (QED) is 0.660. The zero-order chi connectivity index (χ0) is 11.4. The number of amides is 2. The molecular formula is C10H14N2O4. The third kappa shape index (κ3) is 1.07. The summed E-state index contributed by atoms with van der Waals surface area (Å²) in [4.78, 5) is 25.9. The molecule has 3 rings (SSSR count). The van der Waals surface area contributed by atoms with Crippen molar-refractivity contribution in [1.82, 2.24) is 9.80 Å². The molecule has 2 bridgehead atoms. The van der Waals surface area contributed by atoms with Gasteiger partial charge in [-0.05, 0) is 19.8 Å². The van der Waals surface area contributed by atoms with Crippen LogP contribution < -0.4 is 0 Å². The van der Waals surface area contributed by atoms with E-state index < -0.39 is 6.09 Å². The number of cyclic esters (lactones) is 1. The lowest BCUT2D eigenvalue weighted by atomic mass is 10.00. The van der Waals surface area contributed by atoms with Gasteiger partial charge in [0.1, 0.15) is 6.10 Å². The Bertz CT molecular complexity index is 359. The van der Waals surface area contributed by atoms with Gasteiger partial charge in [-0.3, -0.25) is 9.80 Å². The summed E-state index contributed by atoms with van der Waals surface area (Å²) < 4.78 is 5.16. The van der Waals surface area contributed by atoms with E-state index in [4.69, 9.17) is 4.74 Å². The van der Waals surface area contributed by atoms with Crippen LogP contribution in [-0.4, -0.2) is 57.9 Å². The predicted molar refractivity (Wildman–Crippen MR) is 53.1 cm³/mol. The lowest BCUT2D eigenvalue weighted by molar-refractivity contribution is 0.0458. The van der Waals surface area contributed by atoms with E-state index >= 15 is 0 Å². The number of piperazine rings is 1. The van der Waals surface area contributed by atoms with Crippen LogP contribution in [0.1, 0.15) is 19.8 Å². The molecule has 6 nitrogen and oxygen atoms in total. The second-order valence-corrected chi connectivity index (χ2v) is 4.72. The summed E-state index contributed by atoms with van der Waals surface area (Å²) in [7, 11) is 0. The first kappa shape index (κ1) is 9.74. The lowest BCUT2D eigenvalue weighted by Crippen LogP contribution is -2.61. The Hall–Kier alpha value is -1.46. The third-order valence-electron chi connectivity index (χ3n) is 3.93. The molecule has 88 valence electrons. The first-order valence-corrected chi connectivity index (χ1v) is 5.58. The number of carboxylic acid groups (broad SMARTS) is 1. The van der Waals surface area contributed by atoms with Gasteiger partial charge in [-0.25, -0.2) is 9.59 Å². The number of hydrogen-bond donors (Lipinski definition) is 1. The largest absolute Gasteiger partial charge is 0.465 e. The summed E-state index contributed by atoms with van der Waals surface area (Å²) in [6, 6.07) is -0.225. The molecule has 0 aromatic carbocycles. The van der Waals surface area contributed by atoms with Crippen molar-refractivity contribution in [2.24, 2.45) is 0 Å². The highest BCUT2D eigenvalue weighted by molar-refractivity contribution is 5.73. The third-order valence-corrected chi connectivity index (χ3v) is 3.93. The van der Waals surface area contributed by atoms with Crippen LogP contribution in [0.4, 0.5) is 9.59 Å². The van der Waals surface area contributed by atoms with Crippen molar-refractivity contribution < 1.29 is 19.4 Å². The van der Waals surface area contributed by atoms with Gasteiger partial charge < -0.3 is 9.84 Å². The van der Waals surface area contributed by atoms with Crippen LogP contribution in [0.3, 0.4) is 0 Å². The van der Waals surface area contributed by atoms with E-state index in [0.717, 1.165) is 12.8 Å². The van der Waals surface area contributed by atoms with Crippen LogP contribution in [0.15, 0.2) is 0 Å². The molecule has 16 heavy (non-hydrogen) atoms. The van der Waals surface area contributed by atoms with Crippen molar-refractivity contribution in [3.8, 4) is 0 Å². The van der Waals surface area contributed by atoms with Crippen molar-refractivity contribution in [3.05, 3.63) is 0 Å². The lowest BCUT2D eigenvalue weighted by Gasteiger charge is -2.41. The number of hydrogen-bond acceptors (Lipinski definition) is 3. The molecular weight excluding hydrogens is 212 g/mol. The van der Waals surface area contributed by atoms with Crippen molar-refractivity contribution in [1.29, 1.82) is 0 Å². The van der Waals surface area contributed by atoms with Gasteiger partial charge >= 0.3 is 12.2 Å². The van der Waals surface area contributed by atoms with E-state index in [1.54, 1.807) is 4.90 Å². The van der Waals surface area contributed by atoms with Crippen LogP contribution in [0.25, 0.3) is 0 Å². The van der Waals surface area contributed by atoms with Gasteiger partial charge in [0.05, 0.1) is 18.1 Å². The van der Waals surface area contributed by atoms with Gasteiger partial charge in [0, 0.05) is 6.54 Å². The molecule has 0 aromatic rings. The van der Waals surface area contributed by atoms with E-state index in [9.17, 15) is 14.7 Å². The van der Waals surface area contributed by atoms with Crippen molar-refractivity contribution in [2.75, 3.05) is 6.54 Å². The van der Waals surface area contributed by atoms with Gasteiger partial charge in [0.2, 0.25) is 0 Å². The van der Waals surface area contributed by atoms with Crippen molar-refractivity contribution >= 4 is 12.2 Å². The summed E-state index contributed by atoms with van der Waals surface area (Å²) in [6.07, 6.45) is 0.305. The minimum atomic E-state index is -0.876. The second kappa shape index (κ2) is 3.02. The Morgan fingerprint density at radius 2 is 2.25 bits per heavy atom. The molecule has 3 saturated heterocycles. The minimum Gasteiger partial charge on any atom is -0.465 e. The molecule has 2 amide bonds. The topological polar surface area (TPSA) is 70.1 Å². The van der Waals surface area contributed by atoms with Gasteiger partial charge in [-0.1, -0.05) is 0 Å². The molecule has 0 aromatic heterocycles. The van der Waals surface area contributed by atoms with Gasteiger partial charge in [-0.2, -0.15) is 0 Å². The Morgan fingerprint density at radius 1 is 1.50 bits per heavy atom. The van der Waals surface area contributed by atoms with E-state index in [1.807, 2.05) is 6.92 Å². The van der Waals surface area contributed by atoms with Crippen LogP contribution in [0.5, 0.6) is 0 Å². The normalized spacial score (nSPS) is 40.9. The summed E-state index contributed by atoms with van der Waals surface area (Å²) in [5.74, 6) is 0. The van der Waals surface area contributed by atoms with Crippen LogP contribution >= 0.6 is 0 Å². The maximum Gasteiger partial charge on any atom is 0.410 e. The van der Waals surface area contributed by atoms with E-state index in [0.29, 0.717) is 6.54 Å². The molecule has 0 spiro atoms. The number of fused-ring (bicyclic) bond motifs is 4. The predicted octanol–water partition coefficient (Wildman–Crippen LogP) is 0.720. The molecule has 4 atom stereocenters. The van der Waals surface area contributed by atoms with Gasteiger partial charge in [-0.15, -0.1) is 0 Å². The molecule has 6 heteroatoms. The average molecular weight is 226 g/mol. The molecule has 3 fully saturated rings. The molecule has 0 aliphatic carbocycles. The zero-order valence-electron chi connectivity index (χ0n) is 9.00. The van der Waals surface area contributed by atoms with E-state index in [1.165, 1.54) is 4.90 Å². The fraction of sp³-hybridized carbons (Fsp3) is 0.800. The number of carbonyl (C=O) groups excluding carboxylic acids is 1. The number of rotatable bonds is 0. The van der Waals surface area contributed by atoms with Crippen molar-refractivity contribution in [3.63, 3.8) is 0 Å². The Morgan fingerprint density at radius 3 is 2.94 bits per heavy atom. The highest BCUT2D eigenvalue weighted by atomic mass is 16.6. The molecule has 3 aliphatic rings. The molecule has 0 radical (unpaired) electrons. The number of ether oxygens (including phenoxy) is 1. The van der Waals surface area contributed by atoms with E-state index in [2.05, 4.69) is 0 Å². The molecule has 3 aliphatic heterocycles. The standard InChI is InChI=1S/C10H14N2O4/c1-5-8-7-3-2-6(12(7)9(13)14)4-11(8)10(15)16-5/h5-8H,2-4H2,1H3,(H,13,14). The maximum absolute atomic E-state index is 11.6. The van der Waals surface area contributed by atoms with Crippen LogP contribution in [-0.2, 0) is 4.74 Å². The molecule has 1 N–H and O–H groups in total. The first-order chi connectivity index (χ1) is 7.59. The fourth-order valence-corrected chi connectivity index (χ4v) is 3.34. The number of carbonyl (C=O) groups is 2. The number of nitrogens with zero attached hydrogens (tertiary/aromatic N) is 2. The smallest absolute Gasteiger partial charge is 0.410 e. The van der Waals surface area contributed by atoms with Gasteiger partial charge in [0.25, 0.3) is 0 Å². The highest BCUT2D eigenvalue weighted by Gasteiger charge is 2.55. The average Bonchev–Trinajstić information content (AvgIpc) is 2.66. The Labute approximate surface area is 92.8 Å². The highest BCUT2D eigenvalue weighted by Crippen LogP contribution is 2.39. The molecule has 4 unspecified atom stereocenters. The summed E-state index contributed by atoms with van der Waals surface area (Å²) in [5, 5.41) is 9.17. The summed E-state index contributed by atoms with van der Waals surface area (Å²) in [5.41, 5.74) is 0. The fourth-order valence-electron chi connectivity index (χ4n) is 3.34. The summed E-state index contributed by atoms with van der Waals surface area (Å²) in [6.45, 7) is 2.32. The Kier molecular flexibility index (Phi) is 1.84. The SMILES string of the molecule is CC1OC(=O)N2CC3CCC(C12)N3C(=O)O. The molecule has 3 heterocycles. The molecule has 0 saturated carbocycles.